The van der Waals surface area contributed by atoms with Crippen molar-refractivity contribution in [3.8, 4) is 0 Å². The average Bonchev–Trinajstić information content (AvgIpc) is 3.32. The lowest BCUT2D eigenvalue weighted by atomic mass is 9.97. The number of benzene rings is 1. The van der Waals surface area contributed by atoms with Crippen molar-refractivity contribution in [1.29, 1.82) is 0 Å². The average molecular weight is 437 g/mol. The molecule has 148 valence electrons. The maximum Gasteiger partial charge on any atom is 0.410 e. The van der Waals surface area contributed by atoms with Crippen LogP contribution < -0.4 is 0 Å². The van der Waals surface area contributed by atoms with Gasteiger partial charge in [0.05, 0.1) is 6.04 Å². The minimum Gasteiger partial charge on any atom is -0.444 e. The van der Waals surface area contributed by atoms with Gasteiger partial charge in [0.1, 0.15) is 5.60 Å². The number of nitrogens with zero attached hydrogens (tertiary/aromatic N) is 2. The molecule has 1 saturated carbocycles. The van der Waals surface area contributed by atoms with E-state index in [1.54, 1.807) is 4.90 Å². The molecule has 1 aliphatic heterocycles. The second-order valence-electron chi connectivity index (χ2n) is 9.07. The summed E-state index contributed by atoms with van der Waals surface area (Å²) in [7, 11) is 0. The van der Waals surface area contributed by atoms with E-state index in [0.717, 1.165) is 22.9 Å². The number of carbonyl (C=O) groups excluding carboxylic acids is 2. The fourth-order valence-corrected chi connectivity index (χ4v) is 3.76. The van der Waals surface area contributed by atoms with Crippen LogP contribution in [0.4, 0.5) is 4.79 Å². The van der Waals surface area contributed by atoms with Gasteiger partial charge in [-0.05, 0) is 58.2 Å². The lowest BCUT2D eigenvalue weighted by molar-refractivity contribution is -0.142. The molecule has 0 unspecified atom stereocenters. The van der Waals surface area contributed by atoms with E-state index < -0.39 is 5.60 Å². The molecule has 0 spiro atoms. The normalized spacial score (nSPS) is 24.5. The topological polar surface area (TPSA) is 49.9 Å². The highest BCUT2D eigenvalue weighted by atomic mass is 79.9. The number of ether oxygens (including phenoxy) is 1. The zero-order chi connectivity index (χ0) is 20.0. The summed E-state index contributed by atoms with van der Waals surface area (Å²) in [6.07, 6.45) is 1.58. The second-order valence-corrected chi connectivity index (χ2v) is 9.98. The van der Waals surface area contributed by atoms with Crippen LogP contribution in [-0.4, -0.2) is 46.5 Å². The van der Waals surface area contributed by atoms with Crippen molar-refractivity contribution in [1.82, 2.24) is 9.80 Å². The predicted octanol–water partition coefficient (Wildman–Crippen LogP) is 4.76. The molecule has 2 amide bonds. The SMILES string of the molecule is C[C@@H]1CN(C(=O)OC(C)(C)C)[C@H](c2ccc(Br)cc2)CN1C(=O)C1(C)CC1. The third-order valence-electron chi connectivity index (χ3n) is 5.40. The van der Waals surface area contributed by atoms with Gasteiger partial charge in [-0.25, -0.2) is 4.79 Å². The lowest BCUT2D eigenvalue weighted by Crippen LogP contribution is -2.58. The maximum atomic E-state index is 13.0. The smallest absolute Gasteiger partial charge is 0.410 e. The maximum absolute atomic E-state index is 13.0. The van der Waals surface area contributed by atoms with Gasteiger partial charge in [0.15, 0.2) is 0 Å². The molecular weight excluding hydrogens is 408 g/mol. The van der Waals surface area contributed by atoms with Gasteiger partial charge in [-0.15, -0.1) is 0 Å². The van der Waals surface area contributed by atoms with Gasteiger partial charge in [-0.1, -0.05) is 35.0 Å². The van der Waals surface area contributed by atoms with Crippen molar-refractivity contribution in [2.45, 2.75) is 65.1 Å². The van der Waals surface area contributed by atoms with Gasteiger partial charge in [0.2, 0.25) is 5.91 Å². The van der Waals surface area contributed by atoms with Crippen molar-refractivity contribution in [3.05, 3.63) is 34.3 Å². The molecular formula is C21H29BrN2O3. The highest BCUT2D eigenvalue weighted by Gasteiger charge is 2.50. The fraction of sp³-hybridized carbons (Fsp3) is 0.619. The van der Waals surface area contributed by atoms with E-state index in [4.69, 9.17) is 4.74 Å². The van der Waals surface area contributed by atoms with Gasteiger partial charge in [0, 0.05) is 29.0 Å². The van der Waals surface area contributed by atoms with Crippen LogP contribution in [0.1, 0.15) is 59.1 Å². The number of rotatable bonds is 2. The molecule has 0 bridgehead atoms. The predicted molar refractivity (Wildman–Crippen MR) is 108 cm³/mol. The Balaban J connectivity index is 1.89. The Morgan fingerprint density at radius 2 is 1.70 bits per heavy atom. The molecule has 0 radical (unpaired) electrons. The molecule has 6 heteroatoms. The largest absolute Gasteiger partial charge is 0.444 e. The Labute approximate surface area is 170 Å². The number of amides is 2. The summed E-state index contributed by atoms with van der Waals surface area (Å²) >= 11 is 3.46. The van der Waals surface area contributed by atoms with Crippen LogP contribution in [0, 0.1) is 5.41 Å². The summed E-state index contributed by atoms with van der Waals surface area (Å²) < 4.78 is 6.63. The van der Waals surface area contributed by atoms with Gasteiger partial charge in [-0.2, -0.15) is 0 Å². The monoisotopic (exact) mass is 436 g/mol. The molecule has 0 N–H and O–H groups in total. The molecule has 27 heavy (non-hydrogen) atoms. The lowest BCUT2D eigenvalue weighted by Gasteiger charge is -2.46. The van der Waals surface area contributed by atoms with Gasteiger partial charge in [-0.3, -0.25) is 9.69 Å². The molecule has 1 aliphatic carbocycles. The van der Waals surface area contributed by atoms with Crippen LogP contribution in [0.2, 0.25) is 0 Å². The van der Waals surface area contributed by atoms with Crippen molar-refractivity contribution >= 4 is 27.9 Å². The number of halogens is 1. The Morgan fingerprint density at radius 3 is 2.22 bits per heavy atom. The molecule has 1 saturated heterocycles. The van der Waals surface area contributed by atoms with Crippen LogP contribution in [0.15, 0.2) is 28.7 Å². The van der Waals surface area contributed by atoms with Crippen molar-refractivity contribution < 1.29 is 14.3 Å². The van der Waals surface area contributed by atoms with Crippen molar-refractivity contribution in [2.24, 2.45) is 5.41 Å². The van der Waals surface area contributed by atoms with E-state index in [2.05, 4.69) is 15.9 Å². The third-order valence-corrected chi connectivity index (χ3v) is 5.93. The number of piperazine rings is 1. The van der Waals surface area contributed by atoms with Crippen LogP contribution in [-0.2, 0) is 9.53 Å². The Morgan fingerprint density at radius 1 is 1.11 bits per heavy atom. The summed E-state index contributed by atoms with van der Waals surface area (Å²) in [5, 5.41) is 0. The highest BCUT2D eigenvalue weighted by molar-refractivity contribution is 9.10. The van der Waals surface area contributed by atoms with E-state index in [0.29, 0.717) is 13.1 Å². The molecule has 2 aliphatic rings. The van der Waals surface area contributed by atoms with Crippen molar-refractivity contribution in [3.63, 3.8) is 0 Å². The molecule has 3 rings (SSSR count). The zero-order valence-corrected chi connectivity index (χ0v) is 18.4. The molecule has 0 aromatic heterocycles. The molecule has 5 nitrogen and oxygen atoms in total. The van der Waals surface area contributed by atoms with E-state index in [-0.39, 0.29) is 29.5 Å². The first kappa shape index (κ1) is 20.2. The summed E-state index contributed by atoms with van der Waals surface area (Å²) in [4.78, 5) is 29.6. The minimum absolute atomic E-state index is 0.0332. The molecule has 2 fully saturated rings. The highest BCUT2D eigenvalue weighted by Crippen LogP contribution is 2.47. The van der Waals surface area contributed by atoms with Crippen LogP contribution >= 0.6 is 15.9 Å². The van der Waals surface area contributed by atoms with Crippen LogP contribution in [0.5, 0.6) is 0 Å². The van der Waals surface area contributed by atoms with Gasteiger partial charge < -0.3 is 9.64 Å². The summed E-state index contributed by atoms with van der Waals surface area (Å²) in [5.74, 6) is 0.209. The fourth-order valence-electron chi connectivity index (χ4n) is 3.50. The first-order valence-electron chi connectivity index (χ1n) is 9.56. The Hall–Kier alpha value is -1.56. The first-order chi connectivity index (χ1) is 12.5. The first-order valence-corrected chi connectivity index (χ1v) is 10.4. The van der Waals surface area contributed by atoms with Crippen LogP contribution in [0.25, 0.3) is 0 Å². The van der Waals surface area contributed by atoms with E-state index >= 15 is 0 Å². The zero-order valence-electron chi connectivity index (χ0n) is 16.8. The summed E-state index contributed by atoms with van der Waals surface area (Å²) in [6, 6.07) is 7.70. The van der Waals surface area contributed by atoms with Gasteiger partial charge >= 0.3 is 6.09 Å². The molecule has 1 aromatic rings. The van der Waals surface area contributed by atoms with Gasteiger partial charge in [0.25, 0.3) is 0 Å². The second kappa shape index (κ2) is 7.12. The van der Waals surface area contributed by atoms with E-state index in [1.807, 2.05) is 63.8 Å². The summed E-state index contributed by atoms with van der Waals surface area (Å²) in [5.41, 5.74) is 0.237. The number of carbonyl (C=O) groups is 2. The minimum atomic E-state index is -0.557. The molecule has 2 atom stereocenters. The van der Waals surface area contributed by atoms with Crippen molar-refractivity contribution in [2.75, 3.05) is 13.1 Å². The molecule has 1 heterocycles. The van der Waals surface area contributed by atoms with E-state index in [1.165, 1.54) is 0 Å². The standard InChI is InChI=1S/C21H29BrN2O3/c1-14-12-24(19(26)27-20(2,3)4)17(15-6-8-16(22)9-7-15)13-23(14)18(25)21(5)10-11-21/h6-9,14,17H,10-13H2,1-5H3/t14-,17+/m1/s1. The Kier molecular flexibility index (Phi) is 5.32. The molecule has 1 aromatic carbocycles. The summed E-state index contributed by atoms with van der Waals surface area (Å²) in [6.45, 7) is 10.6. The number of hydrogen-bond acceptors (Lipinski definition) is 3. The Bertz CT molecular complexity index is 722. The number of hydrogen-bond donors (Lipinski definition) is 0. The van der Waals surface area contributed by atoms with E-state index in [9.17, 15) is 9.59 Å². The quantitative estimate of drug-likeness (QED) is 0.671. The third kappa shape index (κ3) is 4.48. The van der Waals surface area contributed by atoms with Crippen LogP contribution in [0.3, 0.4) is 0 Å².